The van der Waals surface area contributed by atoms with Gasteiger partial charge >= 0.3 is 5.97 Å². The van der Waals surface area contributed by atoms with E-state index < -0.39 is 0 Å². The van der Waals surface area contributed by atoms with Gasteiger partial charge < -0.3 is 10.1 Å². The third-order valence-electron chi connectivity index (χ3n) is 3.30. The molecule has 100 valence electrons. The predicted octanol–water partition coefficient (Wildman–Crippen LogP) is 2.74. The Morgan fingerprint density at radius 3 is 2.59 bits per heavy atom. The highest BCUT2D eigenvalue weighted by Crippen LogP contribution is 2.39. The van der Waals surface area contributed by atoms with Crippen molar-refractivity contribution in [3.63, 3.8) is 0 Å². The van der Waals surface area contributed by atoms with Gasteiger partial charge in [0.1, 0.15) is 6.10 Å². The Hall–Kier alpha value is -0.570. The van der Waals surface area contributed by atoms with Crippen molar-refractivity contribution < 1.29 is 9.53 Å². The Bertz CT molecular complexity index is 261. The summed E-state index contributed by atoms with van der Waals surface area (Å²) in [6.45, 7) is 11.1. The van der Waals surface area contributed by atoms with E-state index in [1.54, 1.807) is 0 Å². The monoisotopic (exact) mass is 241 g/mol. The summed E-state index contributed by atoms with van der Waals surface area (Å²) >= 11 is 0. The lowest BCUT2D eigenvalue weighted by molar-refractivity contribution is -0.152. The summed E-state index contributed by atoms with van der Waals surface area (Å²) < 4.78 is 5.55. The molecule has 1 rings (SSSR count). The van der Waals surface area contributed by atoms with Gasteiger partial charge in [-0.15, -0.1) is 0 Å². The summed E-state index contributed by atoms with van der Waals surface area (Å²) in [5.41, 5.74) is 0.300. The molecule has 0 aromatic heterocycles. The summed E-state index contributed by atoms with van der Waals surface area (Å²) in [4.78, 5) is 11.6. The number of nitrogens with one attached hydrogen (secondary N) is 1. The zero-order chi connectivity index (χ0) is 13.1. The van der Waals surface area contributed by atoms with Gasteiger partial charge in [0, 0.05) is 6.04 Å². The Morgan fingerprint density at radius 2 is 2.06 bits per heavy atom. The number of carbonyl (C=O) groups excluding carboxylic acids is 1. The molecule has 0 saturated heterocycles. The number of hydrogen-bond donors (Lipinski definition) is 1. The lowest BCUT2D eigenvalue weighted by Gasteiger charge is -2.38. The van der Waals surface area contributed by atoms with Gasteiger partial charge in [-0.05, 0) is 30.6 Å². The summed E-state index contributed by atoms with van der Waals surface area (Å²) in [5.74, 6) is 0.531. The maximum atomic E-state index is 11.6. The first-order valence-corrected chi connectivity index (χ1v) is 6.71. The minimum atomic E-state index is -0.117. The van der Waals surface area contributed by atoms with E-state index in [1.807, 2.05) is 13.8 Å². The van der Waals surface area contributed by atoms with Gasteiger partial charge in [-0.2, -0.15) is 0 Å². The normalized spacial score (nSPS) is 28.1. The summed E-state index contributed by atoms with van der Waals surface area (Å²) in [6, 6.07) is 0.323. The van der Waals surface area contributed by atoms with Crippen LogP contribution in [0.4, 0.5) is 0 Å². The van der Waals surface area contributed by atoms with E-state index in [2.05, 4.69) is 26.1 Å². The molecule has 17 heavy (non-hydrogen) atoms. The quantitative estimate of drug-likeness (QED) is 0.769. The predicted molar refractivity (Wildman–Crippen MR) is 69.8 cm³/mol. The first kappa shape index (κ1) is 14.5. The fourth-order valence-electron chi connectivity index (χ4n) is 2.86. The van der Waals surface area contributed by atoms with Gasteiger partial charge in [0.2, 0.25) is 0 Å². The van der Waals surface area contributed by atoms with Crippen molar-refractivity contribution in [1.29, 1.82) is 0 Å². The van der Waals surface area contributed by atoms with Crippen molar-refractivity contribution in [2.24, 2.45) is 11.3 Å². The van der Waals surface area contributed by atoms with Crippen molar-refractivity contribution >= 4 is 5.97 Å². The van der Waals surface area contributed by atoms with E-state index in [4.69, 9.17) is 4.74 Å². The molecule has 1 N–H and O–H groups in total. The SMILES string of the molecule is CC1CC(OC(=O)CNC(C)C)CC(C)(C)C1. The van der Waals surface area contributed by atoms with E-state index in [1.165, 1.54) is 6.42 Å². The number of carbonyl (C=O) groups is 1. The van der Waals surface area contributed by atoms with E-state index >= 15 is 0 Å². The van der Waals surface area contributed by atoms with Gasteiger partial charge in [-0.3, -0.25) is 4.79 Å². The zero-order valence-corrected chi connectivity index (χ0v) is 11.9. The van der Waals surface area contributed by atoms with Gasteiger partial charge in [0.05, 0.1) is 6.54 Å². The molecule has 0 aromatic carbocycles. The number of rotatable bonds is 4. The van der Waals surface area contributed by atoms with E-state index in [0.29, 0.717) is 23.9 Å². The van der Waals surface area contributed by atoms with Crippen LogP contribution in [0.3, 0.4) is 0 Å². The van der Waals surface area contributed by atoms with Gasteiger partial charge in [0.15, 0.2) is 0 Å². The topological polar surface area (TPSA) is 38.3 Å². The smallest absolute Gasteiger partial charge is 0.320 e. The molecule has 2 atom stereocenters. The lowest BCUT2D eigenvalue weighted by atomic mass is 9.71. The second kappa shape index (κ2) is 5.85. The van der Waals surface area contributed by atoms with Gasteiger partial charge in [-0.25, -0.2) is 0 Å². The van der Waals surface area contributed by atoms with Crippen LogP contribution < -0.4 is 5.32 Å². The highest BCUT2D eigenvalue weighted by Gasteiger charge is 2.33. The molecule has 2 unspecified atom stereocenters. The molecule has 0 amide bonds. The molecule has 3 heteroatoms. The molecule has 1 aliphatic carbocycles. The van der Waals surface area contributed by atoms with Gasteiger partial charge in [0.25, 0.3) is 0 Å². The third kappa shape index (κ3) is 5.53. The van der Waals surface area contributed by atoms with Crippen LogP contribution in [0.5, 0.6) is 0 Å². The summed E-state index contributed by atoms with van der Waals surface area (Å²) in [7, 11) is 0. The van der Waals surface area contributed by atoms with Crippen molar-refractivity contribution in [1.82, 2.24) is 5.32 Å². The molecule has 0 radical (unpaired) electrons. The van der Waals surface area contributed by atoms with Crippen LogP contribution >= 0.6 is 0 Å². The van der Waals surface area contributed by atoms with Crippen LogP contribution in [0.1, 0.15) is 53.9 Å². The standard InChI is InChI=1S/C14H27NO2/c1-10(2)15-9-13(16)17-12-6-11(3)7-14(4,5)8-12/h10-12,15H,6-9H2,1-5H3. The van der Waals surface area contributed by atoms with Crippen LogP contribution in [-0.2, 0) is 9.53 Å². The highest BCUT2D eigenvalue weighted by molar-refractivity contribution is 5.71. The van der Waals surface area contributed by atoms with Crippen LogP contribution in [0.15, 0.2) is 0 Å². The molecule has 0 aromatic rings. The second-order valence-corrected chi connectivity index (χ2v) is 6.56. The first-order chi connectivity index (χ1) is 7.78. The lowest BCUT2D eigenvalue weighted by Crippen LogP contribution is -2.37. The van der Waals surface area contributed by atoms with Crippen LogP contribution in [-0.4, -0.2) is 24.7 Å². The van der Waals surface area contributed by atoms with Crippen LogP contribution in [0.2, 0.25) is 0 Å². The molecule has 0 heterocycles. The summed E-state index contributed by atoms with van der Waals surface area (Å²) in [6.07, 6.45) is 3.34. The van der Waals surface area contributed by atoms with Crippen molar-refractivity contribution in [2.75, 3.05) is 6.54 Å². The average Bonchev–Trinajstić information content (AvgIpc) is 2.11. The molecular weight excluding hydrogens is 214 g/mol. The zero-order valence-electron chi connectivity index (χ0n) is 11.9. The fraction of sp³-hybridized carbons (Fsp3) is 0.929. The minimum Gasteiger partial charge on any atom is -0.461 e. The van der Waals surface area contributed by atoms with E-state index in [0.717, 1.165) is 12.8 Å². The molecule has 0 aliphatic heterocycles. The number of esters is 1. The summed E-state index contributed by atoms with van der Waals surface area (Å²) in [5, 5.41) is 3.09. The Balaban J connectivity index is 2.37. The maximum absolute atomic E-state index is 11.6. The minimum absolute atomic E-state index is 0.107. The Kier molecular flexibility index (Phi) is 4.99. The Morgan fingerprint density at radius 1 is 1.41 bits per heavy atom. The first-order valence-electron chi connectivity index (χ1n) is 6.71. The van der Waals surface area contributed by atoms with Crippen molar-refractivity contribution in [2.45, 2.75) is 66.0 Å². The van der Waals surface area contributed by atoms with E-state index in [9.17, 15) is 4.79 Å². The van der Waals surface area contributed by atoms with Crippen molar-refractivity contribution in [3.05, 3.63) is 0 Å². The highest BCUT2D eigenvalue weighted by atomic mass is 16.5. The maximum Gasteiger partial charge on any atom is 0.320 e. The van der Waals surface area contributed by atoms with Crippen molar-refractivity contribution in [3.8, 4) is 0 Å². The largest absolute Gasteiger partial charge is 0.461 e. The molecule has 3 nitrogen and oxygen atoms in total. The molecule has 0 spiro atoms. The number of hydrogen-bond acceptors (Lipinski definition) is 3. The molecular formula is C14H27NO2. The van der Waals surface area contributed by atoms with Crippen LogP contribution in [0.25, 0.3) is 0 Å². The van der Waals surface area contributed by atoms with Gasteiger partial charge in [-0.1, -0.05) is 34.6 Å². The molecule has 1 saturated carbocycles. The number of ether oxygens (including phenoxy) is 1. The van der Waals surface area contributed by atoms with Crippen LogP contribution in [0, 0.1) is 11.3 Å². The average molecular weight is 241 g/mol. The van der Waals surface area contributed by atoms with E-state index in [-0.39, 0.29) is 12.1 Å². The second-order valence-electron chi connectivity index (χ2n) is 6.56. The molecule has 1 fully saturated rings. The molecule has 1 aliphatic rings. The molecule has 0 bridgehead atoms. The Labute approximate surface area is 105 Å². The third-order valence-corrected chi connectivity index (χ3v) is 3.30. The fourth-order valence-corrected chi connectivity index (χ4v) is 2.86.